The van der Waals surface area contributed by atoms with Crippen molar-refractivity contribution >= 4 is 67.9 Å². The van der Waals surface area contributed by atoms with Crippen LogP contribution in [0.1, 0.15) is 22.8 Å². The van der Waals surface area contributed by atoms with Crippen LogP contribution in [0.4, 0.5) is 17.1 Å². The quantitative estimate of drug-likeness (QED) is 0.136. The Balaban J connectivity index is 1.05. The number of thioether (sulfide) groups is 1. The molecule has 1 aromatic heterocycles. The molecule has 2 aliphatic carbocycles. The number of rotatable bonds is 8. The molecule has 4 N–H and O–H groups in total. The number of thiazole rings is 1. The fourth-order valence-electron chi connectivity index (χ4n) is 8.24. The van der Waals surface area contributed by atoms with Crippen LogP contribution in [-0.2, 0) is 24.4 Å². The first kappa shape index (κ1) is 32.4. The molecular formula is C33H27N5O9S3. The number of hydrogen-bond donors (Lipinski definition) is 3. The van der Waals surface area contributed by atoms with Crippen molar-refractivity contribution in [3.8, 4) is 5.75 Å². The second kappa shape index (κ2) is 11.9. The molecule has 14 nitrogen and oxygen atoms in total. The second-order valence-electron chi connectivity index (χ2n) is 12.7. The number of hydrogen-bond acceptors (Lipinski definition) is 11. The predicted molar refractivity (Wildman–Crippen MR) is 182 cm³/mol. The first-order valence-corrected chi connectivity index (χ1v) is 18.8. The zero-order chi connectivity index (χ0) is 35.1. The smallest absolute Gasteiger partial charge is 0.305 e. The molecule has 4 unspecified atom stereocenters. The number of aromatic nitrogens is 1. The lowest BCUT2D eigenvalue weighted by atomic mass is 9.68. The van der Waals surface area contributed by atoms with Gasteiger partial charge in [-0.05, 0) is 78.3 Å². The number of aromatic amines is 1. The van der Waals surface area contributed by atoms with Crippen LogP contribution >= 0.6 is 23.1 Å². The summed E-state index contributed by atoms with van der Waals surface area (Å²) < 4.78 is 28.9. The predicted octanol–water partition coefficient (Wildman–Crippen LogP) is 3.69. The summed E-state index contributed by atoms with van der Waals surface area (Å²) in [4.78, 5) is 68.5. The zero-order valence-electron chi connectivity index (χ0n) is 25.8. The Labute approximate surface area is 292 Å². The van der Waals surface area contributed by atoms with Gasteiger partial charge in [0, 0.05) is 33.9 Å². The number of nitro groups is 1. The van der Waals surface area contributed by atoms with E-state index in [1.807, 2.05) is 12.1 Å². The number of non-ortho nitro benzene ring substituents is 1. The van der Waals surface area contributed by atoms with Crippen molar-refractivity contribution in [2.45, 2.75) is 27.5 Å². The Morgan fingerprint density at radius 1 is 1.02 bits per heavy atom. The molecule has 0 radical (unpaired) electrons. The number of nitro benzene ring substituents is 1. The van der Waals surface area contributed by atoms with E-state index in [2.05, 4.69) is 10.3 Å². The highest BCUT2D eigenvalue weighted by atomic mass is 32.2. The Kier molecular flexibility index (Phi) is 7.70. The minimum absolute atomic E-state index is 0.0476. The van der Waals surface area contributed by atoms with E-state index >= 15 is 0 Å². The summed E-state index contributed by atoms with van der Waals surface area (Å²) in [5.41, 5.74) is 1.38. The summed E-state index contributed by atoms with van der Waals surface area (Å²) in [6.45, 7) is -0.334. The second-order valence-corrected chi connectivity index (χ2v) is 16.5. The maximum absolute atomic E-state index is 14.0. The summed E-state index contributed by atoms with van der Waals surface area (Å²) >= 11 is 2.68. The van der Waals surface area contributed by atoms with Gasteiger partial charge in [-0.15, -0.1) is 11.8 Å². The van der Waals surface area contributed by atoms with E-state index in [4.69, 9.17) is 9.88 Å². The summed E-state index contributed by atoms with van der Waals surface area (Å²) in [6.07, 6.45) is 0.688. The van der Waals surface area contributed by atoms with Crippen LogP contribution in [0.5, 0.6) is 5.75 Å². The van der Waals surface area contributed by atoms with Crippen molar-refractivity contribution in [1.29, 1.82) is 0 Å². The van der Waals surface area contributed by atoms with E-state index in [1.54, 1.807) is 23.9 Å². The van der Waals surface area contributed by atoms with Gasteiger partial charge in [0.1, 0.15) is 5.75 Å². The number of nitrogens with two attached hydrogens (primary N) is 1. The van der Waals surface area contributed by atoms with Crippen molar-refractivity contribution in [3.63, 3.8) is 0 Å². The molecule has 2 bridgehead atoms. The minimum Gasteiger partial charge on any atom is -0.484 e. The standard InChI is InChI=1S/C33H27N5O9S3/c34-50(45,46)20-10-4-16(5-11-20)35-23(39)14-47-19-3-1-2-15(12-19)24-25-21-13-22(28(25)48-30-29(24)49-33(42)36-30)27-26(21)31(40)37(32(27)41)17-6-8-18(9-7-17)38(43)44/h1-12,21-22,24-28H,13-14H2,(H,35,39)(H,36,42)(H2,34,45,46)/t21-,22-,24-,25?,26?,27?,28?/m1/s1. The molecule has 256 valence electrons. The van der Waals surface area contributed by atoms with Gasteiger partial charge >= 0.3 is 4.87 Å². The van der Waals surface area contributed by atoms with Gasteiger partial charge in [-0.25, -0.2) is 13.6 Å². The number of H-pyrrole nitrogens is 1. The molecule has 1 saturated heterocycles. The Bertz CT molecular complexity index is 2250. The lowest BCUT2D eigenvalue weighted by Gasteiger charge is -2.43. The highest BCUT2D eigenvalue weighted by Gasteiger charge is 2.69. The highest BCUT2D eigenvalue weighted by molar-refractivity contribution is 8.00. The van der Waals surface area contributed by atoms with Crippen LogP contribution in [0.2, 0.25) is 0 Å². The molecule has 3 fully saturated rings. The topological polar surface area (TPSA) is 212 Å². The number of carbonyl (C=O) groups excluding carboxylic acids is 3. The molecule has 2 aliphatic heterocycles. The van der Waals surface area contributed by atoms with Gasteiger partial charge in [0.25, 0.3) is 11.6 Å². The number of amides is 3. The van der Waals surface area contributed by atoms with E-state index in [0.29, 0.717) is 23.5 Å². The summed E-state index contributed by atoms with van der Waals surface area (Å²) in [5.74, 6) is -2.33. The lowest BCUT2D eigenvalue weighted by Crippen LogP contribution is -2.42. The third kappa shape index (κ3) is 5.31. The van der Waals surface area contributed by atoms with Crippen LogP contribution in [0.15, 0.2) is 87.5 Å². The maximum Gasteiger partial charge on any atom is 0.305 e. The van der Waals surface area contributed by atoms with Gasteiger partial charge in [0.05, 0.1) is 32.4 Å². The number of benzene rings is 3. The number of carbonyl (C=O) groups is 3. The molecule has 8 rings (SSSR count). The largest absolute Gasteiger partial charge is 0.484 e. The third-order valence-electron chi connectivity index (χ3n) is 10.1. The number of sulfonamides is 1. The number of nitrogens with one attached hydrogen (secondary N) is 2. The van der Waals surface area contributed by atoms with Crippen molar-refractivity contribution in [2.75, 3.05) is 16.8 Å². The average molecular weight is 734 g/mol. The van der Waals surface area contributed by atoms with Gasteiger partial charge in [-0.1, -0.05) is 23.5 Å². The van der Waals surface area contributed by atoms with E-state index in [-0.39, 0.29) is 62.8 Å². The van der Waals surface area contributed by atoms with Crippen molar-refractivity contribution < 1.29 is 32.5 Å². The summed E-state index contributed by atoms with van der Waals surface area (Å²) in [6, 6.07) is 18.1. The fourth-order valence-corrected chi connectivity index (χ4v) is 11.6. The highest BCUT2D eigenvalue weighted by Crippen LogP contribution is 2.68. The van der Waals surface area contributed by atoms with E-state index in [9.17, 15) is 37.7 Å². The van der Waals surface area contributed by atoms with Gasteiger partial charge in [-0.2, -0.15) is 0 Å². The monoisotopic (exact) mass is 733 g/mol. The van der Waals surface area contributed by atoms with Crippen molar-refractivity contribution in [2.24, 2.45) is 34.7 Å². The number of fused-ring (bicyclic) bond motifs is 9. The third-order valence-corrected chi connectivity index (χ3v) is 13.6. The van der Waals surface area contributed by atoms with Crippen LogP contribution in [-0.4, -0.2) is 47.9 Å². The maximum atomic E-state index is 14.0. The Morgan fingerprint density at radius 3 is 2.40 bits per heavy atom. The zero-order valence-corrected chi connectivity index (χ0v) is 28.2. The van der Waals surface area contributed by atoms with E-state index in [1.165, 1.54) is 53.4 Å². The Morgan fingerprint density at radius 2 is 1.72 bits per heavy atom. The van der Waals surface area contributed by atoms with Crippen molar-refractivity contribution in [1.82, 2.24) is 4.98 Å². The average Bonchev–Trinajstić information content (AvgIpc) is 3.82. The van der Waals surface area contributed by atoms with E-state index in [0.717, 1.165) is 26.8 Å². The van der Waals surface area contributed by atoms with Crippen LogP contribution in [0.25, 0.3) is 0 Å². The van der Waals surface area contributed by atoms with Crippen molar-refractivity contribution in [3.05, 3.63) is 103 Å². The first-order chi connectivity index (χ1) is 23.9. The molecule has 2 saturated carbocycles. The van der Waals surface area contributed by atoms with Gasteiger partial charge in [-0.3, -0.25) is 34.2 Å². The number of imide groups is 1. The first-order valence-electron chi connectivity index (χ1n) is 15.6. The molecule has 50 heavy (non-hydrogen) atoms. The molecule has 4 aromatic rings. The molecule has 3 aromatic carbocycles. The normalized spacial score (nSPS) is 26.3. The molecule has 17 heteroatoms. The fraction of sp³-hybridized carbons (Fsp3) is 0.273. The number of nitrogens with zero attached hydrogens (tertiary/aromatic N) is 2. The number of primary sulfonamides is 1. The summed E-state index contributed by atoms with van der Waals surface area (Å²) in [7, 11) is -3.87. The lowest BCUT2D eigenvalue weighted by molar-refractivity contribution is -0.384. The van der Waals surface area contributed by atoms with Gasteiger partial charge < -0.3 is 15.0 Å². The number of anilines is 2. The SMILES string of the molecule is NS(=O)(=O)c1ccc(NC(=O)COc2cccc([C@H]3c4sc(=O)[nH]c4SC4C3[C@H]3C[C@@H]4C4C(=O)N(c5ccc([N+](=O)[O-])cc5)C(=O)C43)c2)cc1. The molecular weight excluding hydrogens is 707 g/mol. The summed E-state index contributed by atoms with van der Waals surface area (Å²) in [5, 5.41) is 19.7. The Hall–Kier alpha value is -4.84. The van der Waals surface area contributed by atoms with Gasteiger partial charge in [0.2, 0.25) is 21.8 Å². The molecule has 0 spiro atoms. The molecule has 3 amide bonds. The minimum atomic E-state index is -3.87. The molecule has 3 heterocycles. The van der Waals surface area contributed by atoms with Crippen LogP contribution in [0, 0.1) is 39.7 Å². The van der Waals surface area contributed by atoms with E-state index < -0.39 is 32.7 Å². The van der Waals surface area contributed by atoms with Crippen LogP contribution < -0.4 is 25.0 Å². The number of ether oxygens (including phenoxy) is 1. The van der Waals surface area contributed by atoms with Gasteiger partial charge in [0.15, 0.2) is 6.61 Å². The molecule has 4 aliphatic rings. The molecule has 7 atom stereocenters. The van der Waals surface area contributed by atoms with Crippen LogP contribution in [0.3, 0.4) is 0 Å².